The zero-order valence-corrected chi connectivity index (χ0v) is 22.2. The molecular weight excluding hydrogens is 482 g/mol. The molecule has 2 heterocycles. The van der Waals surface area contributed by atoms with E-state index in [2.05, 4.69) is 17.1 Å². The first-order valence-electron chi connectivity index (χ1n) is 12.8. The van der Waals surface area contributed by atoms with Crippen LogP contribution in [0.4, 0.5) is 0 Å². The molecule has 192 valence electrons. The van der Waals surface area contributed by atoms with E-state index in [1.54, 1.807) is 23.6 Å². The summed E-state index contributed by atoms with van der Waals surface area (Å²) in [5.74, 6) is 0.653. The van der Waals surface area contributed by atoms with Crippen LogP contribution >= 0.6 is 11.3 Å². The zero-order valence-electron chi connectivity index (χ0n) is 20.6. The molecule has 1 saturated heterocycles. The highest BCUT2D eigenvalue weighted by Gasteiger charge is 2.25. The summed E-state index contributed by atoms with van der Waals surface area (Å²) in [5, 5.41) is 5.03. The van der Waals surface area contributed by atoms with Gasteiger partial charge in [0.1, 0.15) is 5.75 Å². The second-order valence-electron chi connectivity index (χ2n) is 9.42. The van der Waals surface area contributed by atoms with Crippen LogP contribution in [0.1, 0.15) is 50.2 Å². The number of nitrogens with zero attached hydrogens (tertiary/aromatic N) is 2. The SMILES string of the molecule is CCCN(CCCCN1CCNCCC1=O)C1CCc2ccc(OS(=O)(=O)c3cccs3)cc2C1. The van der Waals surface area contributed by atoms with Gasteiger partial charge in [-0.05, 0) is 86.3 Å². The third-order valence-corrected chi connectivity index (χ3v) is 9.51. The lowest BCUT2D eigenvalue weighted by Gasteiger charge is -2.35. The van der Waals surface area contributed by atoms with E-state index in [1.165, 1.54) is 11.1 Å². The smallest absolute Gasteiger partial charge is 0.348 e. The molecular formula is C26H37N3O4S2. The standard InChI is InChI=1S/C26H37N3O4S2/c1-2-14-28(15-3-4-16-29-17-13-27-12-11-25(29)30)23-9-7-21-8-10-24(20-22(21)19-23)33-35(31,32)26-6-5-18-34-26/h5-6,8,10,18,20,23,27H,2-4,7,9,11-17,19H2,1H3. The van der Waals surface area contributed by atoms with E-state index in [9.17, 15) is 13.2 Å². The number of nitrogens with one attached hydrogen (secondary N) is 1. The first-order valence-corrected chi connectivity index (χ1v) is 15.1. The van der Waals surface area contributed by atoms with Crippen LogP contribution in [0.15, 0.2) is 39.9 Å². The Bertz CT molecular complexity index is 1070. The van der Waals surface area contributed by atoms with Crippen LogP contribution in [0, 0.1) is 0 Å². The molecule has 1 fully saturated rings. The molecule has 1 atom stereocenters. The Morgan fingerprint density at radius 2 is 2.03 bits per heavy atom. The quantitative estimate of drug-likeness (QED) is 0.360. The van der Waals surface area contributed by atoms with Crippen molar-refractivity contribution in [3.05, 3.63) is 46.8 Å². The minimum absolute atomic E-state index is 0.223. The van der Waals surface area contributed by atoms with E-state index < -0.39 is 10.1 Å². The minimum Gasteiger partial charge on any atom is -0.378 e. The Morgan fingerprint density at radius 1 is 1.14 bits per heavy atom. The maximum atomic E-state index is 12.5. The van der Waals surface area contributed by atoms with Gasteiger partial charge in [-0.2, -0.15) is 8.42 Å². The van der Waals surface area contributed by atoms with Gasteiger partial charge in [-0.1, -0.05) is 19.1 Å². The molecule has 1 unspecified atom stereocenters. The fraction of sp³-hybridized carbons (Fsp3) is 0.577. The van der Waals surface area contributed by atoms with E-state index in [4.69, 9.17) is 4.18 Å². The average Bonchev–Trinajstić information content (AvgIpc) is 3.32. The van der Waals surface area contributed by atoms with Crippen LogP contribution < -0.4 is 9.50 Å². The molecule has 1 aliphatic carbocycles. The molecule has 7 nitrogen and oxygen atoms in total. The zero-order chi connectivity index (χ0) is 24.7. The predicted octanol–water partition coefficient (Wildman–Crippen LogP) is 3.69. The first kappa shape index (κ1) is 26.1. The number of amides is 1. The maximum Gasteiger partial charge on any atom is 0.348 e. The van der Waals surface area contributed by atoms with E-state index in [-0.39, 0.29) is 10.1 Å². The number of rotatable bonds is 11. The molecule has 1 aromatic carbocycles. The van der Waals surface area contributed by atoms with Gasteiger partial charge < -0.3 is 19.3 Å². The van der Waals surface area contributed by atoms with Gasteiger partial charge in [0, 0.05) is 38.6 Å². The van der Waals surface area contributed by atoms with Crippen molar-refractivity contribution >= 4 is 27.4 Å². The Balaban J connectivity index is 1.34. The molecule has 1 amide bonds. The predicted molar refractivity (Wildman–Crippen MR) is 140 cm³/mol. The van der Waals surface area contributed by atoms with Crippen LogP contribution in [0.2, 0.25) is 0 Å². The van der Waals surface area contributed by atoms with Crippen molar-refractivity contribution in [2.24, 2.45) is 0 Å². The summed E-state index contributed by atoms with van der Waals surface area (Å²) < 4.78 is 30.7. The second kappa shape index (κ2) is 12.3. The van der Waals surface area contributed by atoms with Crippen LogP contribution in [-0.2, 0) is 27.8 Å². The Labute approximate surface area is 213 Å². The largest absolute Gasteiger partial charge is 0.378 e. The monoisotopic (exact) mass is 519 g/mol. The van der Waals surface area contributed by atoms with Gasteiger partial charge in [0.05, 0.1) is 0 Å². The number of hydrogen-bond acceptors (Lipinski definition) is 7. The summed E-state index contributed by atoms with van der Waals surface area (Å²) in [4.78, 5) is 16.8. The van der Waals surface area contributed by atoms with Crippen molar-refractivity contribution in [2.75, 3.05) is 39.3 Å². The summed E-state index contributed by atoms with van der Waals surface area (Å²) in [6.07, 6.45) is 6.80. The number of carbonyl (C=O) groups is 1. The highest BCUT2D eigenvalue weighted by molar-refractivity contribution is 7.89. The van der Waals surface area contributed by atoms with Crippen molar-refractivity contribution in [3.63, 3.8) is 0 Å². The van der Waals surface area contributed by atoms with Gasteiger partial charge in [-0.3, -0.25) is 4.79 Å². The lowest BCUT2D eigenvalue weighted by Crippen LogP contribution is -2.41. The highest BCUT2D eigenvalue weighted by atomic mass is 32.3. The summed E-state index contributed by atoms with van der Waals surface area (Å²) >= 11 is 1.16. The fourth-order valence-corrected chi connectivity index (χ4v) is 6.96. The molecule has 1 aromatic heterocycles. The van der Waals surface area contributed by atoms with Crippen molar-refractivity contribution in [3.8, 4) is 5.75 Å². The molecule has 2 aliphatic rings. The first-order chi connectivity index (χ1) is 17.0. The molecule has 0 bridgehead atoms. The Kier molecular flexibility index (Phi) is 9.21. The third-order valence-electron chi connectivity index (χ3n) is 6.90. The summed E-state index contributed by atoms with van der Waals surface area (Å²) in [6, 6.07) is 9.42. The van der Waals surface area contributed by atoms with Gasteiger partial charge in [0.15, 0.2) is 4.21 Å². The van der Waals surface area contributed by atoms with Crippen molar-refractivity contribution < 1.29 is 17.4 Å². The molecule has 2 aromatic rings. The summed E-state index contributed by atoms with van der Waals surface area (Å²) in [7, 11) is -3.79. The number of fused-ring (bicyclic) bond motifs is 1. The Hall–Kier alpha value is -1.94. The topological polar surface area (TPSA) is 79.0 Å². The van der Waals surface area contributed by atoms with E-state index in [1.807, 2.05) is 17.0 Å². The van der Waals surface area contributed by atoms with Crippen LogP contribution in [0.25, 0.3) is 0 Å². The van der Waals surface area contributed by atoms with Gasteiger partial charge in [0.25, 0.3) is 0 Å². The van der Waals surface area contributed by atoms with Crippen LogP contribution in [0.5, 0.6) is 5.75 Å². The highest BCUT2D eigenvalue weighted by Crippen LogP contribution is 2.30. The lowest BCUT2D eigenvalue weighted by molar-refractivity contribution is -0.130. The van der Waals surface area contributed by atoms with Gasteiger partial charge in [0.2, 0.25) is 5.91 Å². The van der Waals surface area contributed by atoms with E-state index >= 15 is 0 Å². The number of thiophene rings is 1. The molecule has 1 N–H and O–H groups in total. The number of hydrogen-bond donors (Lipinski definition) is 1. The van der Waals surface area contributed by atoms with E-state index in [0.717, 1.165) is 89.1 Å². The Morgan fingerprint density at radius 3 is 2.83 bits per heavy atom. The van der Waals surface area contributed by atoms with Gasteiger partial charge in [-0.25, -0.2) is 0 Å². The molecule has 0 radical (unpaired) electrons. The average molecular weight is 520 g/mol. The maximum absolute atomic E-state index is 12.5. The van der Waals surface area contributed by atoms with Crippen LogP contribution in [0.3, 0.4) is 0 Å². The van der Waals surface area contributed by atoms with Gasteiger partial charge in [-0.15, -0.1) is 11.3 Å². The van der Waals surface area contributed by atoms with Gasteiger partial charge >= 0.3 is 10.1 Å². The van der Waals surface area contributed by atoms with Crippen LogP contribution in [-0.4, -0.2) is 69.4 Å². The van der Waals surface area contributed by atoms with E-state index in [0.29, 0.717) is 18.2 Å². The van der Waals surface area contributed by atoms with Crippen molar-refractivity contribution in [1.29, 1.82) is 0 Å². The lowest BCUT2D eigenvalue weighted by atomic mass is 9.87. The molecule has 0 saturated carbocycles. The number of benzene rings is 1. The molecule has 1 aliphatic heterocycles. The molecule has 9 heteroatoms. The van der Waals surface area contributed by atoms with Crippen molar-refractivity contribution in [1.82, 2.24) is 15.1 Å². The fourth-order valence-electron chi connectivity index (χ4n) is 5.09. The number of unbranched alkanes of at least 4 members (excludes halogenated alkanes) is 1. The third kappa shape index (κ3) is 7.06. The number of aryl methyl sites for hydroxylation is 1. The summed E-state index contributed by atoms with van der Waals surface area (Å²) in [6.45, 7) is 7.61. The molecule has 0 spiro atoms. The summed E-state index contributed by atoms with van der Waals surface area (Å²) in [5.41, 5.74) is 2.47. The second-order valence-corrected chi connectivity index (χ2v) is 12.1. The normalized spacial score (nSPS) is 19.0. The molecule has 4 rings (SSSR count). The minimum atomic E-state index is -3.79. The van der Waals surface area contributed by atoms with Crippen molar-refractivity contribution in [2.45, 2.75) is 62.1 Å². The number of carbonyl (C=O) groups excluding carboxylic acids is 1. The molecule has 35 heavy (non-hydrogen) atoms.